The molecule has 1 aliphatic rings. The van der Waals surface area contributed by atoms with Gasteiger partial charge in [0.2, 0.25) is 0 Å². The number of carboxylic acids is 1. The van der Waals surface area contributed by atoms with Crippen LogP contribution in [0.1, 0.15) is 12.8 Å². The average molecular weight is 379 g/mol. The summed E-state index contributed by atoms with van der Waals surface area (Å²) in [6.07, 6.45) is 0.592. The molecule has 114 valence electrons. The Bertz CT molecular complexity index is 705. The molecule has 0 bridgehead atoms. The van der Waals surface area contributed by atoms with Gasteiger partial charge in [-0.1, -0.05) is 15.9 Å². The molecule has 0 aromatic heterocycles. The first kappa shape index (κ1) is 15.9. The van der Waals surface area contributed by atoms with Crippen molar-refractivity contribution in [1.29, 1.82) is 0 Å². The standard InChI is InChI=1S/C11H11BrN2O6S/c12-7-3-4-8(14(17)18)10(6-7)21(19,20)13-5-1-2-9(13)11(15)16/h3-4,6,9H,1-2,5H2,(H,15,16)/t9-/m1/s1. The second-order valence-electron chi connectivity index (χ2n) is 4.48. The molecule has 0 saturated carbocycles. The highest BCUT2D eigenvalue weighted by Crippen LogP contribution is 2.33. The summed E-state index contributed by atoms with van der Waals surface area (Å²) in [6.45, 7) is 0.0307. The van der Waals surface area contributed by atoms with Gasteiger partial charge >= 0.3 is 5.97 Å². The van der Waals surface area contributed by atoms with E-state index in [1.807, 2.05) is 0 Å². The Morgan fingerprint density at radius 3 is 2.71 bits per heavy atom. The number of nitro benzene ring substituents is 1. The maximum Gasteiger partial charge on any atom is 0.322 e. The van der Waals surface area contributed by atoms with E-state index < -0.39 is 37.5 Å². The number of halogens is 1. The fourth-order valence-electron chi connectivity index (χ4n) is 2.25. The summed E-state index contributed by atoms with van der Waals surface area (Å²) in [5.41, 5.74) is -0.575. The van der Waals surface area contributed by atoms with E-state index >= 15 is 0 Å². The minimum Gasteiger partial charge on any atom is -0.480 e. The first-order chi connectivity index (χ1) is 9.75. The molecule has 0 radical (unpaired) electrons. The highest BCUT2D eigenvalue weighted by Gasteiger charge is 2.42. The van der Waals surface area contributed by atoms with Crippen LogP contribution in [0.2, 0.25) is 0 Å². The number of nitro groups is 1. The normalized spacial score (nSPS) is 19.6. The molecule has 0 amide bonds. The van der Waals surface area contributed by atoms with Gasteiger partial charge in [0.25, 0.3) is 15.7 Å². The Labute approximate surface area is 128 Å². The molecule has 21 heavy (non-hydrogen) atoms. The lowest BCUT2D eigenvalue weighted by Gasteiger charge is -2.20. The number of carboxylic acid groups (broad SMARTS) is 1. The van der Waals surface area contributed by atoms with E-state index in [0.717, 1.165) is 16.4 Å². The molecule has 0 aliphatic carbocycles. The number of aliphatic carboxylic acids is 1. The van der Waals surface area contributed by atoms with E-state index in [0.29, 0.717) is 10.9 Å². The maximum absolute atomic E-state index is 12.6. The Balaban J connectivity index is 2.56. The lowest BCUT2D eigenvalue weighted by atomic mass is 10.2. The Kier molecular flexibility index (Phi) is 4.30. The van der Waals surface area contributed by atoms with Crippen molar-refractivity contribution in [2.24, 2.45) is 0 Å². The molecule has 1 atom stereocenters. The minimum atomic E-state index is -4.25. The molecule has 10 heteroatoms. The van der Waals surface area contributed by atoms with Crippen LogP contribution in [0, 0.1) is 10.1 Å². The number of benzene rings is 1. The molecule has 1 aromatic carbocycles. The summed E-state index contributed by atoms with van der Waals surface area (Å²) < 4.78 is 26.3. The summed E-state index contributed by atoms with van der Waals surface area (Å²) >= 11 is 3.07. The fourth-order valence-corrected chi connectivity index (χ4v) is 4.59. The summed E-state index contributed by atoms with van der Waals surface area (Å²) in [7, 11) is -4.25. The van der Waals surface area contributed by atoms with E-state index in [2.05, 4.69) is 15.9 Å². The molecular weight excluding hydrogens is 368 g/mol. The molecule has 2 rings (SSSR count). The van der Waals surface area contributed by atoms with Crippen molar-refractivity contribution in [2.45, 2.75) is 23.8 Å². The van der Waals surface area contributed by atoms with Crippen LogP contribution in [-0.2, 0) is 14.8 Å². The van der Waals surface area contributed by atoms with Gasteiger partial charge in [-0.2, -0.15) is 4.31 Å². The highest BCUT2D eigenvalue weighted by molar-refractivity contribution is 9.10. The average Bonchev–Trinajstić information content (AvgIpc) is 2.88. The lowest BCUT2D eigenvalue weighted by molar-refractivity contribution is -0.387. The predicted octanol–water partition coefficient (Wildman–Crippen LogP) is 1.59. The third kappa shape index (κ3) is 2.92. The number of hydrogen-bond donors (Lipinski definition) is 1. The van der Waals surface area contributed by atoms with E-state index in [-0.39, 0.29) is 13.0 Å². The number of carbonyl (C=O) groups is 1. The van der Waals surface area contributed by atoms with Crippen molar-refractivity contribution in [3.05, 3.63) is 32.8 Å². The van der Waals surface area contributed by atoms with Gasteiger partial charge in [0.1, 0.15) is 6.04 Å². The van der Waals surface area contributed by atoms with Crippen LogP contribution >= 0.6 is 15.9 Å². The number of sulfonamides is 1. The van der Waals surface area contributed by atoms with Crippen molar-refractivity contribution in [3.63, 3.8) is 0 Å². The molecular formula is C11H11BrN2O6S. The molecule has 1 N–H and O–H groups in total. The molecule has 1 fully saturated rings. The summed E-state index contributed by atoms with van der Waals surface area (Å²) in [5.74, 6) is -1.26. The van der Waals surface area contributed by atoms with Crippen LogP contribution in [0.15, 0.2) is 27.6 Å². The zero-order valence-electron chi connectivity index (χ0n) is 10.6. The summed E-state index contributed by atoms with van der Waals surface area (Å²) in [5, 5.41) is 20.1. The predicted molar refractivity (Wildman–Crippen MR) is 75.3 cm³/mol. The molecule has 0 unspecified atom stereocenters. The molecule has 1 heterocycles. The van der Waals surface area contributed by atoms with Crippen molar-refractivity contribution >= 4 is 37.6 Å². The first-order valence-electron chi connectivity index (χ1n) is 5.93. The second kappa shape index (κ2) is 5.70. The van der Waals surface area contributed by atoms with Gasteiger partial charge < -0.3 is 5.11 Å². The van der Waals surface area contributed by atoms with Crippen LogP contribution in [0.5, 0.6) is 0 Å². The van der Waals surface area contributed by atoms with E-state index in [1.54, 1.807) is 0 Å². The Hall–Kier alpha value is -1.52. The van der Waals surface area contributed by atoms with Gasteiger partial charge in [-0.3, -0.25) is 14.9 Å². The quantitative estimate of drug-likeness (QED) is 0.627. The molecule has 8 nitrogen and oxygen atoms in total. The summed E-state index contributed by atoms with van der Waals surface area (Å²) in [6, 6.07) is 2.36. The second-order valence-corrected chi connectivity index (χ2v) is 7.26. The zero-order valence-corrected chi connectivity index (χ0v) is 13.0. The topological polar surface area (TPSA) is 118 Å². The fraction of sp³-hybridized carbons (Fsp3) is 0.364. The van der Waals surface area contributed by atoms with Gasteiger partial charge in [0.05, 0.1) is 4.92 Å². The van der Waals surface area contributed by atoms with Gasteiger partial charge in [-0.15, -0.1) is 0 Å². The van der Waals surface area contributed by atoms with Gasteiger partial charge in [-0.25, -0.2) is 8.42 Å². The first-order valence-corrected chi connectivity index (χ1v) is 8.17. The number of nitrogens with zero attached hydrogens (tertiary/aromatic N) is 2. The van der Waals surface area contributed by atoms with E-state index in [9.17, 15) is 23.3 Å². The van der Waals surface area contributed by atoms with Crippen LogP contribution in [0.3, 0.4) is 0 Å². The SMILES string of the molecule is O=C(O)[C@H]1CCCN1S(=O)(=O)c1cc(Br)ccc1[N+](=O)[O-]. The van der Waals surface area contributed by atoms with Crippen LogP contribution in [0.4, 0.5) is 5.69 Å². The van der Waals surface area contributed by atoms with E-state index in [1.165, 1.54) is 6.07 Å². The number of hydrogen-bond acceptors (Lipinski definition) is 5. The highest BCUT2D eigenvalue weighted by atomic mass is 79.9. The van der Waals surface area contributed by atoms with Crippen molar-refractivity contribution in [3.8, 4) is 0 Å². The minimum absolute atomic E-state index is 0.0307. The van der Waals surface area contributed by atoms with Crippen LogP contribution < -0.4 is 0 Å². The van der Waals surface area contributed by atoms with Gasteiger partial charge in [-0.05, 0) is 25.0 Å². The summed E-state index contributed by atoms with van der Waals surface area (Å²) in [4.78, 5) is 20.8. The van der Waals surface area contributed by atoms with Gasteiger partial charge in [0, 0.05) is 17.1 Å². The van der Waals surface area contributed by atoms with Crippen molar-refractivity contribution in [2.75, 3.05) is 6.54 Å². The maximum atomic E-state index is 12.6. The third-order valence-electron chi connectivity index (χ3n) is 3.19. The van der Waals surface area contributed by atoms with E-state index in [4.69, 9.17) is 5.11 Å². The molecule has 0 spiro atoms. The van der Waals surface area contributed by atoms with Gasteiger partial charge in [0.15, 0.2) is 4.90 Å². The van der Waals surface area contributed by atoms with Crippen LogP contribution in [-0.4, -0.2) is 41.3 Å². The Morgan fingerprint density at radius 2 is 2.14 bits per heavy atom. The van der Waals surface area contributed by atoms with Crippen molar-refractivity contribution < 1.29 is 23.2 Å². The smallest absolute Gasteiger partial charge is 0.322 e. The molecule has 1 aliphatic heterocycles. The van der Waals surface area contributed by atoms with Crippen molar-refractivity contribution in [1.82, 2.24) is 4.31 Å². The number of rotatable bonds is 4. The lowest BCUT2D eigenvalue weighted by Crippen LogP contribution is -2.40. The largest absolute Gasteiger partial charge is 0.480 e. The Morgan fingerprint density at radius 1 is 1.48 bits per heavy atom. The zero-order chi connectivity index (χ0) is 15.8. The molecule has 1 aromatic rings. The third-order valence-corrected chi connectivity index (χ3v) is 5.62. The van der Waals surface area contributed by atoms with Crippen LogP contribution in [0.25, 0.3) is 0 Å². The molecule has 1 saturated heterocycles. The monoisotopic (exact) mass is 378 g/mol.